The molecule has 0 saturated carbocycles. The minimum atomic E-state index is 0.797. The van der Waals surface area contributed by atoms with Gasteiger partial charge in [-0.25, -0.2) is 14.6 Å². The van der Waals surface area contributed by atoms with E-state index < -0.39 is 0 Å². The molecule has 0 N–H and O–H groups in total. The highest BCUT2D eigenvalue weighted by molar-refractivity contribution is 9.10. The molecule has 1 aliphatic heterocycles. The number of halogens is 1. The summed E-state index contributed by atoms with van der Waals surface area (Å²) in [5.74, 6) is 0.946. The van der Waals surface area contributed by atoms with E-state index in [1.54, 1.807) is 11.0 Å². The van der Waals surface area contributed by atoms with E-state index in [2.05, 4.69) is 73.2 Å². The van der Waals surface area contributed by atoms with Crippen LogP contribution < -0.4 is 4.90 Å². The van der Waals surface area contributed by atoms with E-state index in [9.17, 15) is 0 Å². The monoisotopic (exact) mass is 397 g/mol. The Balaban J connectivity index is 1.62. The number of hydrogen-bond donors (Lipinski definition) is 0. The lowest BCUT2D eigenvalue weighted by Gasteiger charge is -2.28. The van der Waals surface area contributed by atoms with Crippen LogP contribution in [0.2, 0.25) is 0 Å². The second-order valence-electron chi connectivity index (χ2n) is 6.29. The maximum absolute atomic E-state index is 4.53. The Morgan fingerprint density at radius 2 is 1.96 bits per heavy atom. The summed E-state index contributed by atoms with van der Waals surface area (Å²) in [7, 11) is 1.90. The molecular formula is C19H20BrN5. The quantitative estimate of drug-likeness (QED) is 0.670. The fourth-order valence-electron chi connectivity index (χ4n) is 3.34. The topological polar surface area (TPSA) is 46.8 Å². The third-order valence-corrected chi connectivity index (χ3v) is 5.35. The molecule has 5 nitrogen and oxygen atoms in total. The zero-order valence-electron chi connectivity index (χ0n) is 14.4. The van der Waals surface area contributed by atoms with Crippen LogP contribution in [0, 0.1) is 0 Å². The van der Waals surface area contributed by atoms with Gasteiger partial charge in [-0.1, -0.05) is 37.3 Å². The summed E-state index contributed by atoms with van der Waals surface area (Å²) in [6, 6.07) is 8.92. The van der Waals surface area contributed by atoms with Crippen molar-refractivity contribution in [3.8, 4) is 0 Å². The van der Waals surface area contributed by atoms with Crippen LogP contribution in [0.3, 0.4) is 0 Å². The molecule has 0 atom stereocenters. The zero-order chi connectivity index (χ0) is 17.4. The van der Waals surface area contributed by atoms with Crippen LogP contribution in [-0.2, 0) is 13.5 Å². The van der Waals surface area contributed by atoms with Crippen molar-refractivity contribution in [1.82, 2.24) is 19.7 Å². The first kappa shape index (κ1) is 16.3. The second kappa shape index (κ2) is 6.59. The van der Waals surface area contributed by atoms with E-state index in [4.69, 9.17) is 0 Å². The van der Waals surface area contributed by atoms with Crippen molar-refractivity contribution in [2.45, 2.75) is 19.8 Å². The SMILES string of the molecule is CCc1ccc(C2=CCN(c3ncnc4c3c(Br)nn4C)CC2)cc1. The Morgan fingerprint density at radius 3 is 2.64 bits per heavy atom. The summed E-state index contributed by atoms with van der Waals surface area (Å²) in [4.78, 5) is 11.2. The maximum Gasteiger partial charge on any atom is 0.164 e. The highest BCUT2D eigenvalue weighted by atomic mass is 79.9. The second-order valence-corrected chi connectivity index (χ2v) is 7.04. The fourth-order valence-corrected chi connectivity index (χ4v) is 3.94. The summed E-state index contributed by atoms with van der Waals surface area (Å²) >= 11 is 3.54. The molecule has 128 valence electrons. The highest BCUT2D eigenvalue weighted by Gasteiger charge is 2.20. The molecule has 4 rings (SSSR count). The molecule has 6 heteroatoms. The first-order valence-corrected chi connectivity index (χ1v) is 9.33. The van der Waals surface area contributed by atoms with Gasteiger partial charge < -0.3 is 4.90 Å². The molecule has 1 aliphatic rings. The Hall–Kier alpha value is -2.21. The molecule has 25 heavy (non-hydrogen) atoms. The molecule has 0 aliphatic carbocycles. The van der Waals surface area contributed by atoms with Crippen LogP contribution in [0.15, 0.2) is 41.3 Å². The summed E-state index contributed by atoms with van der Waals surface area (Å²) < 4.78 is 2.58. The molecule has 0 spiro atoms. The van der Waals surface area contributed by atoms with Crippen LogP contribution in [0.4, 0.5) is 5.82 Å². The van der Waals surface area contributed by atoms with Crippen LogP contribution in [0.25, 0.3) is 16.6 Å². The van der Waals surface area contributed by atoms with Crippen molar-refractivity contribution in [1.29, 1.82) is 0 Å². The van der Waals surface area contributed by atoms with Crippen LogP contribution in [0.1, 0.15) is 24.5 Å². The molecule has 1 aromatic carbocycles. The number of nitrogens with zero attached hydrogens (tertiary/aromatic N) is 5. The fraction of sp³-hybridized carbons (Fsp3) is 0.316. The molecule has 2 aromatic heterocycles. The van der Waals surface area contributed by atoms with E-state index in [0.29, 0.717) is 0 Å². The van der Waals surface area contributed by atoms with Gasteiger partial charge in [0.05, 0.1) is 5.39 Å². The van der Waals surface area contributed by atoms with Crippen molar-refractivity contribution >= 4 is 38.4 Å². The third kappa shape index (κ3) is 2.95. The first-order chi connectivity index (χ1) is 12.2. The highest BCUT2D eigenvalue weighted by Crippen LogP contribution is 2.32. The number of anilines is 1. The van der Waals surface area contributed by atoms with Crippen molar-refractivity contribution in [3.05, 3.63) is 52.4 Å². The van der Waals surface area contributed by atoms with Crippen molar-refractivity contribution in [2.75, 3.05) is 18.0 Å². The molecule has 0 unspecified atom stereocenters. The van der Waals surface area contributed by atoms with E-state index in [1.165, 1.54) is 16.7 Å². The maximum atomic E-state index is 4.53. The molecule has 0 radical (unpaired) electrons. The zero-order valence-corrected chi connectivity index (χ0v) is 16.0. The molecular weight excluding hydrogens is 378 g/mol. The minimum absolute atomic E-state index is 0.797. The van der Waals surface area contributed by atoms with Gasteiger partial charge in [0.15, 0.2) is 5.65 Å². The van der Waals surface area contributed by atoms with E-state index in [1.807, 2.05) is 7.05 Å². The Kier molecular flexibility index (Phi) is 4.29. The van der Waals surface area contributed by atoms with Crippen molar-refractivity contribution in [3.63, 3.8) is 0 Å². The largest absolute Gasteiger partial charge is 0.352 e. The lowest BCUT2D eigenvalue weighted by Crippen LogP contribution is -2.29. The molecule has 0 amide bonds. The first-order valence-electron chi connectivity index (χ1n) is 8.54. The van der Waals surface area contributed by atoms with Gasteiger partial charge in [-0.3, -0.25) is 0 Å². The lowest BCUT2D eigenvalue weighted by atomic mass is 9.98. The van der Waals surface area contributed by atoms with Gasteiger partial charge in [-0.2, -0.15) is 5.10 Å². The number of hydrogen-bond acceptors (Lipinski definition) is 4. The standard InChI is InChI=1S/C19H20BrN5/c1-3-13-4-6-14(7-5-13)15-8-10-25(11-9-15)19-16-17(20)23-24(2)18(16)21-12-22-19/h4-8,12H,3,9-11H2,1-2H3. The van der Waals surface area contributed by atoms with Gasteiger partial charge in [-0.15, -0.1) is 0 Å². The smallest absolute Gasteiger partial charge is 0.164 e. The molecule has 3 heterocycles. The number of aryl methyl sites for hydroxylation is 2. The number of rotatable bonds is 3. The minimum Gasteiger partial charge on any atom is -0.352 e. The van der Waals surface area contributed by atoms with Crippen molar-refractivity contribution in [2.24, 2.45) is 7.05 Å². The van der Waals surface area contributed by atoms with Gasteiger partial charge in [0, 0.05) is 20.1 Å². The van der Waals surface area contributed by atoms with Crippen molar-refractivity contribution < 1.29 is 0 Å². The summed E-state index contributed by atoms with van der Waals surface area (Å²) in [5.41, 5.74) is 4.97. The average Bonchev–Trinajstić information content (AvgIpc) is 2.96. The Labute approximate surface area is 155 Å². The van der Waals surface area contributed by atoms with Crippen LogP contribution >= 0.6 is 15.9 Å². The number of benzene rings is 1. The predicted molar refractivity (Wildman–Crippen MR) is 105 cm³/mol. The lowest BCUT2D eigenvalue weighted by molar-refractivity contribution is 0.777. The Morgan fingerprint density at radius 1 is 1.16 bits per heavy atom. The van der Waals surface area contributed by atoms with Gasteiger partial charge >= 0.3 is 0 Å². The molecule has 0 saturated heterocycles. The van der Waals surface area contributed by atoms with Gasteiger partial charge in [-0.05, 0) is 45.5 Å². The molecule has 0 fully saturated rings. The summed E-state index contributed by atoms with van der Waals surface area (Å²) in [6.45, 7) is 3.97. The molecule has 3 aromatic rings. The van der Waals surface area contributed by atoms with E-state index >= 15 is 0 Å². The van der Waals surface area contributed by atoms with Gasteiger partial charge in [0.2, 0.25) is 0 Å². The summed E-state index contributed by atoms with van der Waals surface area (Å²) in [6.07, 6.45) is 6.02. The van der Waals surface area contributed by atoms with Gasteiger partial charge in [0.1, 0.15) is 16.7 Å². The predicted octanol–water partition coefficient (Wildman–Crippen LogP) is 3.98. The number of aromatic nitrogens is 4. The van der Waals surface area contributed by atoms with Gasteiger partial charge in [0.25, 0.3) is 0 Å². The molecule has 0 bridgehead atoms. The Bertz CT molecular complexity index is 942. The van der Waals surface area contributed by atoms with Crippen LogP contribution in [-0.4, -0.2) is 32.8 Å². The summed E-state index contributed by atoms with van der Waals surface area (Å²) in [5, 5.41) is 5.39. The van der Waals surface area contributed by atoms with E-state index in [0.717, 1.165) is 47.4 Å². The number of fused-ring (bicyclic) bond motifs is 1. The average molecular weight is 398 g/mol. The van der Waals surface area contributed by atoms with E-state index in [-0.39, 0.29) is 0 Å². The van der Waals surface area contributed by atoms with Crippen LogP contribution in [0.5, 0.6) is 0 Å². The normalized spacial score (nSPS) is 14.8. The third-order valence-electron chi connectivity index (χ3n) is 4.80.